The van der Waals surface area contributed by atoms with Crippen molar-refractivity contribution in [3.63, 3.8) is 0 Å². The summed E-state index contributed by atoms with van der Waals surface area (Å²) < 4.78 is 4.77. The molecule has 1 aliphatic heterocycles. The lowest BCUT2D eigenvalue weighted by Crippen LogP contribution is -2.36. The summed E-state index contributed by atoms with van der Waals surface area (Å²) in [4.78, 5) is 6.53. The number of nitrogen functional groups attached to an aromatic ring is 1. The van der Waals surface area contributed by atoms with Crippen molar-refractivity contribution in [1.29, 1.82) is 0 Å². The standard InChI is InChI=1S/C10H18N4O/c1-7(2)14-5-3-4-8(14)6-9-12-10(11)15-13-9/h7-8H,3-6H2,1-2H3,(H2,11,12,13). The van der Waals surface area contributed by atoms with Crippen LogP contribution in [0.3, 0.4) is 0 Å². The van der Waals surface area contributed by atoms with E-state index in [2.05, 4.69) is 28.9 Å². The summed E-state index contributed by atoms with van der Waals surface area (Å²) >= 11 is 0. The van der Waals surface area contributed by atoms with Gasteiger partial charge in [-0.3, -0.25) is 4.90 Å². The highest BCUT2D eigenvalue weighted by Crippen LogP contribution is 2.22. The molecule has 0 spiro atoms. The minimum Gasteiger partial charge on any atom is -0.351 e. The Bertz CT molecular complexity index is 323. The average molecular weight is 210 g/mol. The van der Waals surface area contributed by atoms with E-state index in [0.717, 1.165) is 12.2 Å². The van der Waals surface area contributed by atoms with Crippen LogP contribution in [0.2, 0.25) is 0 Å². The summed E-state index contributed by atoms with van der Waals surface area (Å²) in [5.41, 5.74) is 5.39. The maximum absolute atomic E-state index is 5.39. The fourth-order valence-electron chi connectivity index (χ4n) is 2.32. The van der Waals surface area contributed by atoms with Gasteiger partial charge in [0.05, 0.1) is 0 Å². The molecule has 2 N–H and O–H groups in total. The van der Waals surface area contributed by atoms with E-state index in [1.54, 1.807) is 0 Å². The van der Waals surface area contributed by atoms with Gasteiger partial charge in [0.1, 0.15) is 0 Å². The third-order valence-electron chi connectivity index (χ3n) is 2.99. The Morgan fingerprint density at radius 1 is 1.60 bits per heavy atom. The Kier molecular flexibility index (Phi) is 2.90. The number of anilines is 1. The topological polar surface area (TPSA) is 68.2 Å². The summed E-state index contributed by atoms with van der Waals surface area (Å²) in [5.74, 6) is 0.727. The number of likely N-dealkylation sites (tertiary alicyclic amines) is 1. The normalized spacial score (nSPS) is 22.7. The van der Waals surface area contributed by atoms with Crippen LogP contribution >= 0.6 is 0 Å². The van der Waals surface area contributed by atoms with Crippen molar-refractivity contribution in [1.82, 2.24) is 15.0 Å². The molecule has 1 fully saturated rings. The number of hydrogen-bond donors (Lipinski definition) is 1. The number of nitrogens with two attached hydrogens (primary N) is 1. The monoisotopic (exact) mass is 210 g/mol. The van der Waals surface area contributed by atoms with Gasteiger partial charge in [0, 0.05) is 18.5 Å². The molecule has 5 heteroatoms. The zero-order valence-corrected chi connectivity index (χ0v) is 9.31. The van der Waals surface area contributed by atoms with Crippen LogP contribution in [0.1, 0.15) is 32.5 Å². The molecule has 15 heavy (non-hydrogen) atoms. The molecule has 1 aromatic rings. The second-order valence-corrected chi connectivity index (χ2v) is 4.38. The molecule has 5 nitrogen and oxygen atoms in total. The Hall–Kier alpha value is -1.10. The van der Waals surface area contributed by atoms with Gasteiger partial charge in [-0.05, 0) is 33.2 Å². The Labute approximate surface area is 89.6 Å². The smallest absolute Gasteiger partial charge is 0.318 e. The molecule has 1 atom stereocenters. The van der Waals surface area contributed by atoms with Crippen molar-refractivity contribution in [2.45, 2.75) is 45.2 Å². The average Bonchev–Trinajstić information content (AvgIpc) is 2.75. The molecule has 0 radical (unpaired) electrons. The first-order valence-corrected chi connectivity index (χ1v) is 5.50. The number of nitrogens with zero attached hydrogens (tertiary/aromatic N) is 3. The third-order valence-corrected chi connectivity index (χ3v) is 2.99. The van der Waals surface area contributed by atoms with E-state index in [4.69, 9.17) is 10.3 Å². The van der Waals surface area contributed by atoms with Crippen LogP contribution in [0.4, 0.5) is 6.01 Å². The molecular formula is C10H18N4O. The Balaban J connectivity index is 1.99. The van der Waals surface area contributed by atoms with E-state index in [1.807, 2.05) is 0 Å². The molecule has 0 aromatic carbocycles. The molecule has 0 aliphatic carbocycles. The molecule has 84 valence electrons. The van der Waals surface area contributed by atoms with Gasteiger partial charge in [0.2, 0.25) is 0 Å². The molecule has 0 amide bonds. The van der Waals surface area contributed by atoms with Crippen LogP contribution in [0, 0.1) is 0 Å². The molecule has 2 rings (SSSR count). The summed E-state index contributed by atoms with van der Waals surface area (Å²) in [6, 6.07) is 1.29. The molecule has 1 aliphatic rings. The van der Waals surface area contributed by atoms with E-state index >= 15 is 0 Å². The van der Waals surface area contributed by atoms with Crippen LogP contribution in [0.25, 0.3) is 0 Å². The minimum absolute atomic E-state index is 0.166. The Morgan fingerprint density at radius 2 is 2.40 bits per heavy atom. The van der Waals surface area contributed by atoms with Crippen molar-refractivity contribution < 1.29 is 4.52 Å². The van der Waals surface area contributed by atoms with Crippen LogP contribution in [-0.4, -0.2) is 33.7 Å². The number of aromatic nitrogens is 2. The Morgan fingerprint density at radius 3 is 3.00 bits per heavy atom. The fraction of sp³-hybridized carbons (Fsp3) is 0.800. The van der Waals surface area contributed by atoms with Gasteiger partial charge in [0.25, 0.3) is 0 Å². The summed E-state index contributed by atoms with van der Waals surface area (Å²) in [5, 5.41) is 3.84. The van der Waals surface area contributed by atoms with E-state index in [-0.39, 0.29) is 6.01 Å². The molecule has 1 saturated heterocycles. The first-order valence-electron chi connectivity index (χ1n) is 5.50. The number of hydrogen-bond acceptors (Lipinski definition) is 5. The van der Waals surface area contributed by atoms with E-state index in [9.17, 15) is 0 Å². The van der Waals surface area contributed by atoms with Crippen molar-refractivity contribution >= 4 is 6.01 Å². The molecule has 0 bridgehead atoms. The summed E-state index contributed by atoms with van der Waals surface area (Å²) in [6.45, 7) is 5.63. The van der Waals surface area contributed by atoms with Gasteiger partial charge in [-0.2, -0.15) is 4.98 Å². The second kappa shape index (κ2) is 4.18. The zero-order valence-electron chi connectivity index (χ0n) is 9.31. The lowest BCUT2D eigenvalue weighted by atomic mass is 10.1. The highest BCUT2D eigenvalue weighted by Gasteiger charge is 2.27. The van der Waals surface area contributed by atoms with Crippen molar-refractivity contribution in [3.05, 3.63) is 5.82 Å². The summed E-state index contributed by atoms with van der Waals surface area (Å²) in [7, 11) is 0. The SMILES string of the molecule is CC(C)N1CCCC1Cc1noc(N)n1. The van der Waals surface area contributed by atoms with Gasteiger partial charge in [-0.25, -0.2) is 0 Å². The van der Waals surface area contributed by atoms with Crippen LogP contribution < -0.4 is 5.73 Å². The highest BCUT2D eigenvalue weighted by atomic mass is 16.5. The number of rotatable bonds is 3. The predicted octanol–water partition coefficient (Wildman–Crippen LogP) is 1.07. The van der Waals surface area contributed by atoms with E-state index in [1.165, 1.54) is 19.4 Å². The van der Waals surface area contributed by atoms with Crippen LogP contribution in [0.5, 0.6) is 0 Å². The minimum atomic E-state index is 0.166. The lowest BCUT2D eigenvalue weighted by molar-refractivity contribution is 0.200. The largest absolute Gasteiger partial charge is 0.351 e. The highest BCUT2D eigenvalue weighted by molar-refractivity contribution is 5.08. The molecule has 1 unspecified atom stereocenters. The zero-order chi connectivity index (χ0) is 10.8. The maximum atomic E-state index is 5.39. The van der Waals surface area contributed by atoms with Crippen LogP contribution in [-0.2, 0) is 6.42 Å². The van der Waals surface area contributed by atoms with Gasteiger partial charge < -0.3 is 10.3 Å². The molecular weight excluding hydrogens is 192 g/mol. The molecule has 2 heterocycles. The third kappa shape index (κ3) is 2.28. The van der Waals surface area contributed by atoms with Gasteiger partial charge in [-0.15, -0.1) is 0 Å². The van der Waals surface area contributed by atoms with Gasteiger partial charge >= 0.3 is 6.01 Å². The van der Waals surface area contributed by atoms with Gasteiger partial charge in [0.15, 0.2) is 5.82 Å². The van der Waals surface area contributed by atoms with Gasteiger partial charge in [-0.1, -0.05) is 5.16 Å². The molecule has 1 aromatic heterocycles. The predicted molar refractivity (Wildman–Crippen MR) is 57.3 cm³/mol. The lowest BCUT2D eigenvalue weighted by Gasteiger charge is -2.27. The van der Waals surface area contributed by atoms with Crippen LogP contribution in [0.15, 0.2) is 4.52 Å². The fourth-order valence-corrected chi connectivity index (χ4v) is 2.32. The van der Waals surface area contributed by atoms with E-state index in [0.29, 0.717) is 12.1 Å². The maximum Gasteiger partial charge on any atom is 0.318 e. The second-order valence-electron chi connectivity index (χ2n) is 4.38. The van der Waals surface area contributed by atoms with Crippen molar-refractivity contribution in [2.75, 3.05) is 12.3 Å². The van der Waals surface area contributed by atoms with Crippen molar-refractivity contribution in [3.8, 4) is 0 Å². The molecule has 0 saturated carbocycles. The van der Waals surface area contributed by atoms with E-state index < -0.39 is 0 Å². The quantitative estimate of drug-likeness (QED) is 0.808. The first-order chi connectivity index (χ1) is 7.16. The van der Waals surface area contributed by atoms with Crippen molar-refractivity contribution in [2.24, 2.45) is 0 Å². The first kappa shape index (κ1) is 10.4. The summed E-state index contributed by atoms with van der Waals surface area (Å²) in [6.07, 6.45) is 3.32.